The lowest BCUT2D eigenvalue weighted by atomic mass is 10.1. The third-order valence-corrected chi connectivity index (χ3v) is 6.39. The van der Waals surface area contributed by atoms with Crippen LogP contribution in [-0.2, 0) is 32.0 Å². The highest BCUT2D eigenvalue weighted by Gasteiger charge is 2.25. The van der Waals surface area contributed by atoms with E-state index < -0.39 is 0 Å². The van der Waals surface area contributed by atoms with Crippen molar-refractivity contribution < 1.29 is 4.79 Å². The van der Waals surface area contributed by atoms with Gasteiger partial charge in [0.25, 0.3) is 5.56 Å². The van der Waals surface area contributed by atoms with Crippen molar-refractivity contribution in [1.82, 2.24) is 28.5 Å². The van der Waals surface area contributed by atoms with Gasteiger partial charge < -0.3 is 9.47 Å². The number of carbonyl (C=O) groups is 1. The first-order valence-electron chi connectivity index (χ1n) is 11.4. The van der Waals surface area contributed by atoms with Gasteiger partial charge in [-0.1, -0.05) is 43.7 Å². The van der Waals surface area contributed by atoms with Crippen LogP contribution in [0.15, 0.2) is 33.9 Å². The Morgan fingerprint density at radius 3 is 2.36 bits per heavy atom. The summed E-state index contributed by atoms with van der Waals surface area (Å²) in [5.74, 6) is 0.917. The van der Waals surface area contributed by atoms with Gasteiger partial charge in [-0.25, -0.2) is 9.78 Å². The maximum atomic E-state index is 13.1. The van der Waals surface area contributed by atoms with Crippen LogP contribution < -0.4 is 11.2 Å². The first kappa shape index (κ1) is 23.0. The summed E-state index contributed by atoms with van der Waals surface area (Å²) in [6.07, 6.45) is 0. The Morgan fingerprint density at radius 2 is 1.73 bits per heavy atom. The van der Waals surface area contributed by atoms with Crippen LogP contribution in [0.25, 0.3) is 11.2 Å². The molecule has 0 atom stereocenters. The van der Waals surface area contributed by atoms with Crippen molar-refractivity contribution >= 4 is 17.1 Å². The largest absolute Gasteiger partial charge is 0.340 e. The standard InChI is InChI=1S/C24H32N6O3/c1-16(2)22(31)29-11-9-28(10-12-29)15-19-25-21-20(23(32)27(5)24(33)26(21)4)30(19)14-18-8-6-7-17(3)13-18/h6-8,13,16H,9-12,14-15H2,1-5H3. The number of piperazine rings is 1. The molecule has 9 nitrogen and oxygen atoms in total. The number of nitrogens with zero attached hydrogens (tertiary/aromatic N) is 6. The Hall–Kier alpha value is -3.20. The number of hydrogen-bond acceptors (Lipinski definition) is 5. The van der Waals surface area contributed by atoms with E-state index in [4.69, 9.17) is 4.98 Å². The molecule has 1 saturated heterocycles. The van der Waals surface area contributed by atoms with Gasteiger partial charge in [0, 0.05) is 52.7 Å². The number of carbonyl (C=O) groups excluding carboxylic acids is 1. The monoisotopic (exact) mass is 452 g/mol. The van der Waals surface area contributed by atoms with E-state index in [0.717, 1.165) is 34.6 Å². The van der Waals surface area contributed by atoms with Crippen LogP contribution in [0, 0.1) is 12.8 Å². The van der Waals surface area contributed by atoms with Crippen molar-refractivity contribution in [2.75, 3.05) is 26.2 Å². The number of aryl methyl sites for hydroxylation is 2. The van der Waals surface area contributed by atoms with Crippen molar-refractivity contribution in [3.8, 4) is 0 Å². The van der Waals surface area contributed by atoms with Gasteiger partial charge in [-0.2, -0.15) is 0 Å². The average Bonchev–Trinajstić information content (AvgIpc) is 3.14. The second-order valence-electron chi connectivity index (χ2n) is 9.24. The van der Waals surface area contributed by atoms with E-state index in [1.165, 1.54) is 11.6 Å². The van der Waals surface area contributed by atoms with Crippen molar-refractivity contribution in [2.24, 2.45) is 20.0 Å². The molecule has 1 amide bonds. The van der Waals surface area contributed by atoms with Gasteiger partial charge in [-0.15, -0.1) is 0 Å². The summed E-state index contributed by atoms with van der Waals surface area (Å²) >= 11 is 0. The lowest BCUT2D eigenvalue weighted by molar-refractivity contribution is -0.136. The fourth-order valence-electron chi connectivity index (χ4n) is 4.47. The summed E-state index contributed by atoms with van der Waals surface area (Å²) in [4.78, 5) is 46.8. The summed E-state index contributed by atoms with van der Waals surface area (Å²) in [7, 11) is 3.15. The predicted octanol–water partition coefficient (Wildman–Crippen LogP) is 1.09. The lowest BCUT2D eigenvalue weighted by Gasteiger charge is -2.35. The third kappa shape index (κ3) is 4.37. The number of amides is 1. The molecule has 4 rings (SSSR count). The second kappa shape index (κ2) is 8.97. The van der Waals surface area contributed by atoms with Gasteiger partial charge >= 0.3 is 5.69 Å². The molecule has 1 aliphatic heterocycles. The zero-order valence-electron chi connectivity index (χ0n) is 20.0. The van der Waals surface area contributed by atoms with E-state index in [1.54, 1.807) is 7.05 Å². The number of benzene rings is 1. The van der Waals surface area contributed by atoms with Crippen LogP contribution in [0.2, 0.25) is 0 Å². The highest BCUT2D eigenvalue weighted by atomic mass is 16.2. The van der Waals surface area contributed by atoms with Crippen LogP contribution in [0.4, 0.5) is 0 Å². The molecule has 1 aliphatic rings. The maximum Gasteiger partial charge on any atom is 0.332 e. The molecule has 176 valence electrons. The van der Waals surface area contributed by atoms with Gasteiger partial charge in [0.2, 0.25) is 5.91 Å². The number of rotatable bonds is 5. The first-order valence-corrected chi connectivity index (χ1v) is 11.4. The normalized spacial score (nSPS) is 15.0. The van der Waals surface area contributed by atoms with E-state index in [1.807, 2.05) is 48.4 Å². The van der Waals surface area contributed by atoms with Gasteiger partial charge in [0.15, 0.2) is 11.2 Å². The lowest BCUT2D eigenvalue weighted by Crippen LogP contribution is -2.49. The van der Waals surface area contributed by atoms with Crippen LogP contribution >= 0.6 is 0 Å². The van der Waals surface area contributed by atoms with Crippen molar-refractivity contribution in [3.63, 3.8) is 0 Å². The minimum atomic E-state index is -0.389. The topological polar surface area (TPSA) is 85.4 Å². The number of fused-ring (bicyclic) bond motifs is 1. The van der Waals surface area contributed by atoms with E-state index in [0.29, 0.717) is 37.3 Å². The molecule has 2 aromatic heterocycles. The van der Waals surface area contributed by atoms with Crippen molar-refractivity contribution in [2.45, 2.75) is 33.9 Å². The fraction of sp³-hybridized carbons (Fsp3) is 0.500. The van der Waals surface area contributed by atoms with Gasteiger partial charge in [0.1, 0.15) is 5.82 Å². The van der Waals surface area contributed by atoms with E-state index in [2.05, 4.69) is 11.0 Å². The van der Waals surface area contributed by atoms with Crippen LogP contribution in [0.3, 0.4) is 0 Å². The maximum absolute atomic E-state index is 13.1. The minimum absolute atomic E-state index is 0.00687. The van der Waals surface area contributed by atoms with E-state index in [-0.39, 0.29) is 23.1 Å². The van der Waals surface area contributed by atoms with Crippen molar-refractivity contribution in [3.05, 3.63) is 62.1 Å². The summed E-state index contributed by atoms with van der Waals surface area (Å²) in [5.41, 5.74) is 2.32. The van der Waals surface area contributed by atoms with Crippen molar-refractivity contribution in [1.29, 1.82) is 0 Å². The van der Waals surface area contributed by atoms with Gasteiger partial charge in [0.05, 0.1) is 6.54 Å². The smallest absolute Gasteiger partial charge is 0.332 e. The third-order valence-electron chi connectivity index (χ3n) is 6.39. The summed E-state index contributed by atoms with van der Waals surface area (Å²) in [6.45, 7) is 9.75. The quantitative estimate of drug-likeness (QED) is 0.579. The first-order chi connectivity index (χ1) is 15.7. The molecule has 0 unspecified atom stereocenters. The summed E-state index contributed by atoms with van der Waals surface area (Å²) in [5, 5.41) is 0. The summed E-state index contributed by atoms with van der Waals surface area (Å²) in [6, 6.07) is 8.17. The molecule has 3 aromatic rings. The highest BCUT2D eigenvalue weighted by molar-refractivity contribution is 5.78. The van der Waals surface area contributed by atoms with Crippen LogP contribution in [0.5, 0.6) is 0 Å². The number of aromatic nitrogens is 4. The molecule has 33 heavy (non-hydrogen) atoms. The molecule has 0 N–H and O–H groups in total. The zero-order valence-corrected chi connectivity index (χ0v) is 20.0. The molecule has 1 aromatic carbocycles. The molecular formula is C24H32N6O3. The second-order valence-corrected chi connectivity index (χ2v) is 9.24. The molecule has 0 saturated carbocycles. The molecule has 0 aliphatic carbocycles. The van der Waals surface area contributed by atoms with Gasteiger partial charge in [-0.3, -0.25) is 23.6 Å². The molecule has 0 radical (unpaired) electrons. The summed E-state index contributed by atoms with van der Waals surface area (Å²) < 4.78 is 4.51. The molecule has 1 fully saturated rings. The Labute approximate surface area is 192 Å². The Kier molecular flexibility index (Phi) is 6.25. The predicted molar refractivity (Wildman–Crippen MR) is 127 cm³/mol. The Morgan fingerprint density at radius 1 is 1.03 bits per heavy atom. The van der Waals surface area contributed by atoms with Crippen LogP contribution in [-0.4, -0.2) is 60.6 Å². The van der Waals surface area contributed by atoms with Gasteiger partial charge in [-0.05, 0) is 12.5 Å². The molecule has 3 heterocycles. The van der Waals surface area contributed by atoms with E-state index >= 15 is 0 Å². The van der Waals surface area contributed by atoms with Crippen LogP contribution in [0.1, 0.15) is 30.8 Å². The number of hydrogen-bond donors (Lipinski definition) is 0. The molecule has 0 spiro atoms. The zero-order chi connectivity index (χ0) is 23.9. The molecular weight excluding hydrogens is 420 g/mol. The Balaban J connectivity index is 1.71. The highest BCUT2D eigenvalue weighted by Crippen LogP contribution is 2.18. The molecule has 9 heteroatoms. The SMILES string of the molecule is Cc1cccc(Cn2c(CN3CCN(C(=O)C(C)C)CC3)nc3c2c(=O)n(C)c(=O)n3C)c1. The minimum Gasteiger partial charge on any atom is -0.340 e. The molecule has 0 bridgehead atoms. The average molecular weight is 453 g/mol. The number of imidazole rings is 1. The fourth-order valence-corrected chi connectivity index (χ4v) is 4.47. The van der Waals surface area contributed by atoms with E-state index in [9.17, 15) is 14.4 Å². The Bertz CT molecular complexity index is 1310.